The van der Waals surface area contributed by atoms with Crippen LogP contribution in [0.4, 0.5) is 5.82 Å². The lowest BCUT2D eigenvalue weighted by Gasteiger charge is -2.26. The van der Waals surface area contributed by atoms with E-state index in [0.717, 1.165) is 72.3 Å². The number of nitrogen functional groups attached to an aromatic ring is 1. The molecule has 0 atom stereocenters. The number of hydrogen-bond acceptors (Lipinski definition) is 5. The molecule has 5 rings (SSSR count). The standard InChI is InChI=1S/C20H21ClN6O/c21-17-10-12(9-16-18(17)25-26-19(16)22)14-1-3-23-20-15(14)11-13(24-20)2-4-27-5-7-28-8-6-27/h1,3,9-11H,2,4-8H2,(H,23,24)(H3,22,25,26). The van der Waals surface area contributed by atoms with Crippen molar-refractivity contribution in [1.82, 2.24) is 25.1 Å². The van der Waals surface area contributed by atoms with Crippen molar-refractivity contribution in [3.63, 3.8) is 0 Å². The van der Waals surface area contributed by atoms with Crippen molar-refractivity contribution in [2.75, 3.05) is 38.6 Å². The van der Waals surface area contributed by atoms with E-state index in [2.05, 4.69) is 31.1 Å². The molecule has 0 spiro atoms. The summed E-state index contributed by atoms with van der Waals surface area (Å²) in [5.41, 5.74) is 10.9. The Hall–Kier alpha value is -2.61. The Morgan fingerprint density at radius 1 is 1.18 bits per heavy atom. The van der Waals surface area contributed by atoms with E-state index in [1.54, 1.807) is 0 Å². The molecule has 8 heteroatoms. The zero-order valence-electron chi connectivity index (χ0n) is 15.3. The first-order chi connectivity index (χ1) is 13.7. The number of nitrogens with two attached hydrogens (primary N) is 1. The van der Waals surface area contributed by atoms with Gasteiger partial charge in [0.05, 0.1) is 23.8 Å². The second kappa shape index (κ2) is 7.09. The molecule has 0 bridgehead atoms. The fourth-order valence-electron chi connectivity index (χ4n) is 3.83. The van der Waals surface area contributed by atoms with Gasteiger partial charge < -0.3 is 15.5 Å². The van der Waals surface area contributed by atoms with Gasteiger partial charge in [0, 0.05) is 48.7 Å². The lowest BCUT2D eigenvalue weighted by molar-refractivity contribution is 0.0383. The number of aromatic nitrogens is 4. The van der Waals surface area contributed by atoms with Crippen LogP contribution in [0.2, 0.25) is 5.02 Å². The fourth-order valence-corrected chi connectivity index (χ4v) is 4.09. The molecule has 0 amide bonds. The maximum atomic E-state index is 6.45. The van der Waals surface area contributed by atoms with Crippen LogP contribution in [-0.2, 0) is 11.2 Å². The zero-order valence-corrected chi connectivity index (χ0v) is 16.1. The Morgan fingerprint density at radius 2 is 2.04 bits per heavy atom. The minimum absolute atomic E-state index is 0.448. The first-order valence-electron chi connectivity index (χ1n) is 9.39. The van der Waals surface area contributed by atoms with Crippen LogP contribution in [0.25, 0.3) is 33.1 Å². The molecule has 0 aliphatic carbocycles. The third-order valence-electron chi connectivity index (χ3n) is 5.35. The maximum Gasteiger partial charge on any atom is 0.153 e. The summed E-state index contributed by atoms with van der Waals surface area (Å²) < 4.78 is 5.42. The third-order valence-corrected chi connectivity index (χ3v) is 5.65. The minimum Gasteiger partial charge on any atom is -0.382 e. The molecule has 4 aromatic rings. The monoisotopic (exact) mass is 396 g/mol. The summed E-state index contributed by atoms with van der Waals surface area (Å²) in [5, 5.41) is 9.46. The van der Waals surface area contributed by atoms with E-state index in [9.17, 15) is 0 Å². The van der Waals surface area contributed by atoms with Gasteiger partial charge in [-0.15, -0.1) is 0 Å². The van der Waals surface area contributed by atoms with Gasteiger partial charge in [0.25, 0.3) is 0 Å². The van der Waals surface area contributed by atoms with Gasteiger partial charge in [-0.25, -0.2) is 4.98 Å². The first-order valence-corrected chi connectivity index (χ1v) is 9.77. The highest BCUT2D eigenvalue weighted by atomic mass is 35.5. The highest BCUT2D eigenvalue weighted by Gasteiger charge is 2.14. The van der Waals surface area contributed by atoms with Gasteiger partial charge in [0.2, 0.25) is 0 Å². The van der Waals surface area contributed by atoms with Gasteiger partial charge in [-0.2, -0.15) is 5.10 Å². The van der Waals surface area contributed by atoms with Crippen LogP contribution in [-0.4, -0.2) is 57.9 Å². The quantitative estimate of drug-likeness (QED) is 0.492. The summed E-state index contributed by atoms with van der Waals surface area (Å²) in [6.07, 6.45) is 2.76. The van der Waals surface area contributed by atoms with Crippen LogP contribution in [0.1, 0.15) is 5.69 Å². The second-order valence-corrected chi connectivity index (χ2v) is 7.52. The van der Waals surface area contributed by atoms with Crippen LogP contribution >= 0.6 is 11.6 Å². The van der Waals surface area contributed by atoms with Crippen molar-refractivity contribution in [2.45, 2.75) is 6.42 Å². The minimum atomic E-state index is 0.448. The largest absolute Gasteiger partial charge is 0.382 e. The van der Waals surface area contributed by atoms with E-state index in [-0.39, 0.29) is 0 Å². The lowest BCUT2D eigenvalue weighted by atomic mass is 10.0. The van der Waals surface area contributed by atoms with Gasteiger partial charge >= 0.3 is 0 Å². The summed E-state index contributed by atoms with van der Waals surface area (Å²) in [4.78, 5) is 10.4. The SMILES string of the molecule is Nc1n[nH]c2c(Cl)cc(-c3ccnc4[nH]c(CCN5CCOCC5)cc34)cc12. The second-order valence-electron chi connectivity index (χ2n) is 7.11. The Morgan fingerprint density at radius 3 is 2.89 bits per heavy atom. The normalized spacial score (nSPS) is 15.6. The van der Waals surface area contributed by atoms with Crippen LogP contribution in [0.3, 0.4) is 0 Å². The number of pyridine rings is 1. The average Bonchev–Trinajstić information content (AvgIpc) is 3.31. The highest BCUT2D eigenvalue weighted by molar-refractivity contribution is 6.35. The van der Waals surface area contributed by atoms with Crippen molar-refractivity contribution in [3.8, 4) is 11.1 Å². The number of H-pyrrole nitrogens is 2. The third kappa shape index (κ3) is 3.11. The molecule has 1 aliphatic rings. The topological polar surface area (TPSA) is 95.8 Å². The number of aromatic amines is 2. The van der Waals surface area contributed by atoms with Crippen LogP contribution in [0.5, 0.6) is 0 Å². The van der Waals surface area contributed by atoms with Crippen molar-refractivity contribution >= 4 is 39.4 Å². The van der Waals surface area contributed by atoms with Crippen molar-refractivity contribution in [1.29, 1.82) is 0 Å². The summed E-state index contributed by atoms with van der Waals surface area (Å²) in [6.45, 7) is 4.63. The fraction of sp³-hybridized carbons (Fsp3) is 0.300. The molecule has 1 aliphatic heterocycles. The number of nitrogens with one attached hydrogen (secondary N) is 2. The molecule has 0 unspecified atom stereocenters. The summed E-state index contributed by atoms with van der Waals surface area (Å²) in [5.74, 6) is 0.448. The van der Waals surface area contributed by atoms with E-state index in [4.69, 9.17) is 22.1 Å². The first kappa shape index (κ1) is 17.5. The smallest absolute Gasteiger partial charge is 0.153 e. The molecule has 1 aromatic carbocycles. The molecular weight excluding hydrogens is 376 g/mol. The lowest BCUT2D eigenvalue weighted by Crippen LogP contribution is -2.37. The number of fused-ring (bicyclic) bond motifs is 2. The molecule has 1 fully saturated rings. The van der Waals surface area contributed by atoms with Gasteiger partial charge in [-0.3, -0.25) is 10.00 Å². The number of halogens is 1. The number of benzene rings is 1. The van der Waals surface area contributed by atoms with Gasteiger partial charge in [-0.05, 0) is 35.4 Å². The average molecular weight is 397 g/mol. The van der Waals surface area contributed by atoms with Gasteiger partial charge in [0.15, 0.2) is 5.82 Å². The predicted molar refractivity (Wildman–Crippen MR) is 112 cm³/mol. The van der Waals surface area contributed by atoms with Crippen LogP contribution < -0.4 is 5.73 Å². The van der Waals surface area contributed by atoms with Gasteiger partial charge in [-0.1, -0.05) is 11.6 Å². The number of nitrogens with zero attached hydrogens (tertiary/aromatic N) is 3. The van der Waals surface area contributed by atoms with E-state index in [0.29, 0.717) is 10.8 Å². The molecule has 4 heterocycles. The molecule has 0 saturated carbocycles. The Labute approximate surface area is 166 Å². The Balaban J connectivity index is 1.50. The molecule has 0 radical (unpaired) electrons. The zero-order chi connectivity index (χ0) is 19.1. The predicted octanol–water partition coefficient (Wildman–Crippen LogP) is 3.22. The van der Waals surface area contributed by atoms with E-state index >= 15 is 0 Å². The van der Waals surface area contributed by atoms with Crippen LogP contribution in [0.15, 0.2) is 30.5 Å². The van der Waals surface area contributed by atoms with E-state index < -0.39 is 0 Å². The number of anilines is 1. The summed E-state index contributed by atoms with van der Waals surface area (Å²) >= 11 is 6.45. The molecule has 3 aromatic heterocycles. The molecule has 1 saturated heterocycles. The van der Waals surface area contributed by atoms with Crippen molar-refractivity contribution < 1.29 is 4.74 Å². The molecule has 4 N–H and O–H groups in total. The molecule has 28 heavy (non-hydrogen) atoms. The molecule has 144 valence electrons. The van der Waals surface area contributed by atoms with Gasteiger partial charge in [0.1, 0.15) is 5.65 Å². The van der Waals surface area contributed by atoms with E-state index in [1.807, 2.05) is 24.4 Å². The summed E-state index contributed by atoms with van der Waals surface area (Å²) in [7, 11) is 0. The number of ether oxygens (including phenoxy) is 1. The van der Waals surface area contributed by atoms with Crippen molar-refractivity contribution in [3.05, 3.63) is 41.2 Å². The number of morpholine rings is 1. The molecule has 7 nitrogen and oxygen atoms in total. The van der Waals surface area contributed by atoms with Crippen molar-refractivity contribution in [2.24, 2.45) is 0 Å². The number of hydrogen-bond donors (Lipinski definition) is 3. The Bertz CT molecular complexity index is 1140. The van der Waals surface area contributed by atoms with E-state index in [1.165, 1.54) is 5.69 Å². The number of rotatable bonds is 4. The Kier molecular flexibility index (Phi) is 4.43. The summed E-state index contributed by atoms with van der Waals surface area (Å²) in [6, 6.07) is 8.16. The highest BCUT2D eigenvalue weighted by Crippen LogP contribution is 2.35. The maximum absolute atomic E-state index is 6.45. The molecular formula is C20H21ClN6O. The van der Waals surface area contributed by atoms with Crippen LogP contribution in [0, 0.1) is 0 Å².